The molecule has 6 heteroatoms. The summed E-state index contributed by atoms with van der Waals surface area (Å²) in [6.45, 7) is 10.7. The first-order chi connectivity index (χ1) is 12.3. The number of ether oxygens (including phenoxy) is 1. The van der Waals surface area contributed by atoms with Crippen LogP contribution in [0.15, 0.2) is 35.3 Å². The van der Waals surface area contributed by atoms with Crippen molar-refractivity contribution in [3.8, 4) is 0 Å². The predicted octanol–water partition coefficient (Wildman–Crippen LogP) is 1.53. The van der Waals surface area contributed by atoms with Gasteiger partial charge in [0.15, 0.2) is 5.96 Å². The summed E-state index contributed by atoms with van der Waals surface area (Å²) in [4.78, 5) is 9.23. The molecule has 6 nitrogen and oxygen atoms in total. The van der Waals surface area contributed by atoms with E-state index in [0.717, 1.165) is 71.9 Å². The topological polar surface area (TPSA) is 66.1 Å². The van der Waals surface area contributed by atoms with Crippen molar-refractivity contribution in [3.63, 3.8) is 0 Å². The van der Waals surface area contributed by atoms with Crippen LogP contribution < -0.4 is 16.0 Å². The second-order valence-corrected chi connectivity index (χ2v) is 6.27. The van der Waals surface area contributed by atoms with Crippen molar-refractivity contribution >= 4 is 11.6 Å². The van der Waals surface area contributed by atoms with E-state index in [4.69, 9.17) is 10.5 Å². The normalized spacial score (nSPS) is 16.0. The molecule has 0 amide bonds. The Kier molecular flexibility index (Phi) is 9.15. The molecule has 0 radical (unpaired) electrons. The molecular weight excluding hydrogens is 314 g/mol. The van der Waals surface area contributed by atoms with Crippen LogP contribution in [-0.2, 0) is 4.74 Å². The van der Waals surface area contributed by atoms with Gasteiger partial charge in [-0.1, -0.05) is 18.2 Å². The van der Waals surface area contributed by atoms with Gasteiger partial charge in [-0.15, -0.1) is 0 Å². The van der Waals surface area contributed by atoms with Gasteiger partial charge in [0.2, 0.25) is 0 Å². The maximum absolute atomic E-state index is 5.95. The highest BCUT2D eigenvalue weighted by molar-refractivity contribution is 5.77. The molecule has 0 unspecified atom stereocenters. The van der Waals surface area contributed by atoms with Crippen molar-refractivity contribution in [3.05, 3.63) is 30.3 Å². The standard InChI is InChI=1S/C19H33N5O/c1-2-24(18-8-4-3-5-9-18)13-7-11-22-19(20)21-10-6-12-23-14-16-25-17-15-23/h3-5,8-9H,2,6-7,10-17H2,1H3,(H3,20,21,22). The summed E-state index contributed by atoms with van der Waals surface area (Å²) < 4.78 is 5.35. The summed E-state index contributed by atoms with van der Waals surface area (Å²) in [5.41, 5.74) is 7.21. The number of aliphatic imine (C=N–C) groups is 1. The van der Waals surface area contributed by atoms with Crippen LogP contribution >= 0.6 is 0 Å². The maximum Gasteiger partial charge on any atom is 0.188 e. The number of hydrogen-bond donors (Lipinski definition) is 2. The molecular formula is C19H33N5O. The van der Waals surface area contributed by atoms with Crippen LogP contribution in [0.2, 0.25) is 0 Å². The largest absolute Gasteiger partial charge is 0.379 e. The fraction of sp³-hybridized carbons (Fsp3) is 0.632. The minimum atomic E-state index is 0.560. The zero-order valence-electron chi connectivity index (χ0n) is 15.5. The number of hydrogen-bond acceptors (Lipinski definition) is 4. The Labute approximate surface area is 152 Å². The van der Waals surface area contributed by atoms with Crippen molar-refractivity contribution in [2.45, 2.75) is 19.8 Å². The van der Waals surface area contributed by atoms with E-state index >= 15 is 0 Å². The third-order valence-corrected chi connectivity index (χ3v) is 4.43. The van der Waals surface area contributed by atoms with Crippen LogP contribution in [0.5, 0.6) is 0 Å². The lowest BCUT2D eigenvalue weighted by Crippen LogP contribution is -2.39. The molecule has 1 heterocycles. The van der Waals surface area contributed by atoms with Crippen LogP contribution in [0.25, 0.3) is 0 Å². The Hall–Kier alpha value is -1.79. The van der Waals surface area contributed by atoms with E-state index in [1.165, 1.54) is 5.69 Å². The minimum Gasteiger partial charge on any atom is -0.379 e. The zero-order valence-corrected chi connectivity index (χ0v) is 15.5. The molecule has 1 aromatic rings. The molecule has 0 saturated carbocycles. The first-order valence-corrected chi connectivity index (χ1v) is 9.43. The van der Waals surface area contributed by atoms with E-state index in [0.29, 0.717) is 5.96 Å². The van der Waals surface area contributed by atoms with Crippen molar-refractivity contribution in [2.75, 3.05) is 63.9 Å². The Morgan fingerprint density at radius 1 is 1.24 bits per heavy atom. The number of morpholine rings is 1. The van der Waals surface area contributed by atoms with Gasteiger partial charge in [-0.25, -0.2) is 0 Å². The molecule has 0 atom stereocenters. The number of nitrogens with zero attached hydrogens (tertiary/aromatic N) is 3. The van der Waals surface area contributed by atoms with Gasteiger partial charge in [-0.05, 0) is 38.4 Å². The first kappa shape index (κ1) is 19.5. The zero-order chi connectivity index (χ0) is 17.7. The molecule has 0 spiro atoms. The van der Waals surface area contributed by atoms with E-state index in [1.54, 1.807) is 0 Å². The summed E-state index contributed by atoms with van der Waals surface area (Å²) in [5.74, 6) is 0.560. The number of benzene rings is 1. The van der Waals surface area contributed by atoms with Gasteiger partial charge >= 0.3 is 0 Å². The average molecular weight is 348 g/mol. The van der Waals surface area contributed by atoms with Crippen molar-refractivity contribution in [1.82, 2.24) is 10.2 Å². The highest BCUT2D eigenvalue weighted by Crippen LogP contribution is 2.12. The van der Waals surface area contributed by atoms with Crippen molar-refractivity contribution < 1.29 is 4.74 Å². The van der Waals surface area contributed by atoms with Crippen LogP contribution in [0, 0.1) is 0 Å². The Bertz CT molecular complexity index is 488. The molecule has 1 aromatic carbocycles. The van der Waals surface area contributed by atoms with E-state index in [1.807, 2.05) is 6.07 Å². The van der Waals surface area contributed by atoms with Crippen LogP contribution in [0.3, 0.4) is 0 Å². The van der Waals surface area contributed by atoms with Gasteiger partial charge in [-0.2, -0.15) is 0 Å². The smallest absolute Gasteiger partial charge is 0.188 e. The summed E-state index contributed by atoms with van der Waals surface area (Å²) >= 11 is 0. The SMILES string of the molecule is CCN(CCCN=C(N)NCCCN1CCOCC1)c1ccccc1. The number of nitrogens with one attached hydrogen (secondary N) is 1. The second-order valence-electron chi connectivity index (χ2n) is 6.27. The monoisotopic (exact) mass is 347 g/mol. The molecule has 2 rings (SSSR count). The number of rotatable bonds is 10. The summed E-state index contributed by atoms with van der Waals surface area (Å²) in [5, 5.41) is 3.21. The van der Waals surface area contributed by atoms with Gasteiger partial charge in [0.25, 0.3) is 0 Å². The average Bonchev–Trinajstić information content (AvgIpc) is 2.67. The quantitative estimate of drug-likeness (QED) is 0.382. The van der Waals surface area contributed by atoms with Gasteiger partial charge in [-0.3, -0.25) is 9.89 Å². The Morgan fingerprint density at radius 3 is 2.72 bits per heavy atom. The summed E-state index contributed by atoms with van der Waals surface area (Å²) in [6, 6.07) is 10.5. The molecule has 3 N–H and O–H groups in total. The van der Waals surface area contributed by atoms with Crippen molar-refractivity contribution in [1.29, 1.82) is 0 Å². The summed E-state index contributed by atoms with van der Waals surface area (Å²) in [6.07, 6.45) is 2.08. The van der Waals surface area contributed by atoms with E-state index in [9.17, 15) is 0 Å². The third-order valence-electron chi connectivity index (χ3n) is 4.43. The molecule has 1 fully saturated rings. The first-order valence-electron chi connectivity index (χ1n) is 9.43. The molecule has 0 aliphatic carbocycles. The molecule has 1 saturated heterocycles. The number of anilines is 1. The Balaban J connectivity index is 1.56. The number of guanidine groups is 1. The fourth-order valence-electron chi connectivity index (χ4n) is 2.97. The number of para-hydroxylation sites is 1. The Morgan fingerprint density at radius 2 is 2.00 bits per heavy atom. The molecule has 1 aliphatic heterocycles. The van der Waals surface area contributed by atoms with Gasteiger partial charge in [0.05, 0.1) is 13.2 Å². The third kappa shape index (κ3) is 7.75. The minimum absolute atomic E-state index is 0.560. The fourth-order valence-corrected chi connectivity index (χ4v) is 2.97. The lowest BCUT2D eigenvalue weighted by atomic mass is 10.2. The van der Waals surface area contributed by atoms with Gasteiger partial charge in [0.1, 0.15) is 0 Å². The lowest BCUT2D eigenvalue weighted by molar-refractivity contribution is 0.0376. The molecule has 0 bridgehead atoms. The molecule has 140 valence electrons. The second kappa shape index (κ2) is 11.7. The lowest BCUT2D eigenvalue weighted by Gasteiger charge is -2.26. The predicted molar refractivity (Wildman–Crippen MR) is 105 cm³/mol. The van der Waals surface area contributed by atoms with Crippen LogP contribution in [0.4, 0.5) is 5.69 Å². The van der Waals surface area contributed by atoms with Crippen LogP contribution in [-0.4, -0.2) is 69.9 Å². The van der Waals surface area contributed by atoms with Gasteiger partial charge in [0, 0.05) is 45.0 Å². The van der Waals surface area contributed by atoms with E-state index in [2.05, 4.69) is 51.3 Å². The summed E-state index contributed by atoms with van der Waals surface area (Å²) in [7, 11) is 0. The number of nitrogens with two attached hydrogens (primary N) is 1. The highest BCUT2D eigenvalue weighted by atomic mass is 16.5. The van der Waals surface area contributed by atoms with Crippen molar-refractivity contribution in [2.24, 2.45) is 10.7 Å². The van der Waals surface area contributed by atoms with Gasteiger partial charge < -0.3 is 20.7 Å². The molecule has 25 heavy (non-hydrogen) atoms. The highest BCUT2D eigenvalue weighted by Gasteiger charge is 2.09. The van der Waals surface area contributed by atoms with E-state index < -0.39 is 0 Å². The van der Waals surface area contributed by atoms with E-state index in [-0.39, 0.29) is 0 Å². The maximum atomic E-state index is 5.95. The molecule has 0 aromatic heterocycles. The van der Waals surface area contributed by atoms with Crippen LogP contribution in [0.1, 0.15) is 19.8 Å². The molecule has 1 aliphatic rings.